The second-order valence-corrected chi connectivity index (χ2v) is 3.49. The predicted molar refractivity (Wildman–Crippen MR) is 77.1 cm³/mol. The summed E-state index contributed by atoms with van der Waals surface area (Å²) in [6.45, 7) is 24.1. The van der Waals surface area contributed by atoms with Crippen molar-refractivity contribution in [3.8, 4) is 0 Å². The molecule has 0 saturated heterocycles. The van der Waals surface area contributed by atoms with E-state index in [0.29, 0.717) is 6.42 Å². The van der Waals surface area contributed by atoms with Gasteiger partial charge in [0.05, 0.1) is 0 Å². The smallest absolute Gasteiger partial charge is 0.105 e. The van der Waals surface area contributed by atoms with Gasteiger partial charge in [0.1, 0.15) is 5.78 Å². The average molecular weight is 420 g/mol. The number of carbonyl (C=O) groups excluding carboxylic acids is 2. The Bertz CT molecular complexity index is 168. The summed E-state index contributed by atoms with van der Waals surface area (Å²) in [7, 11) is 0. The van der Waals surface area contributed by atoms with Gasteiger partial charge in [0.2, 0.25) is 0 Å². The maximum absolute atomic E-state index is 10.4. The van der Waals surface area contributed by atoms with Gasteiger partial charge in [-0.2, -0.15) is 13.8 Å². The number of ketones is 2. The van der Waals surface area contributed by atoms with E-state index in [1.54, 1.807) is 13.8 Å². The third-order valence-electron chi connectivity index (χ3n) is 1.53. The number of rotatable bonds is 3. The van der Waals surface area contributed by atoms with Crippen molar-refractivity contribution >= 4 is 11.6 Å². The second kappa shape index (κ2) is 31.7. The van der Waals surface area contributed by atoms with E-state index < -0.39 is 0 Å². The van der Waals surface area contributed by atoms with Crippen molar-refractivity contribution < 1.29 is 75.0 Å². The molecule has 0 heterocycles. The van der Waals surface area contributed by atoms with Gasteiger partial charge in [-0.1, -0.05) is 27.7 Å². The van der Waals surface area contributed by atoms with E-state index in [0.717, 1.165) is 0 Å². The van der Waals surface area contributed by atoms with Crippen molar-refractivity contribution in [1.82, 2.24) is 0 Å². The zero-order chi connectivity index (χ0) is 15.0. The topological polar surface area (TPSA) is 34.1 Å². The molecule has 0 fully saturated rings. The minimum atomic E-state index is 0. The van der Waals surface area contributed by atoms with Crippen LogP contribution in [0.15, 0.2) is 0 Å². The van der Waals surface area contributed by atoms with Crippen LogP contribution in [0.25, 0.3) is 0 Å². The molecular formula is C15H30O2Y2-4. The Kier molecular flexibility index (Phi) is 61.8. The van der Waals surface area contributed by atoms with Crippen molar-refractivity contribution in [2.24, 2.45) is 11.8 Å². The zero-order valence-corrected chi connectivity index (χ0v) is 19.3. The van der Waals surface area contributed by atoms with Crippen molar-refractivity contribution in [3.63, 3.8) is 0 Å². The third kappa shape index (κ3) is 45.2. The molecule has 0 N–H and O–H groups in total. The van der Waals surface area contributed by atoms with Crippen molar-refractivity contribution in [3.05, 3.63) is 27.7 Å². The molecule has 0 aliphatic rings. The van der Waals surface area contributed by atoms with Gasteiger partial charge in [-0.05, 0) is 11.7 Å². The van der Waals surface area contributed by atoms with E-state index >= 15 is 0 Å². The first-order valence-corrected chi connectivity index (χ1v) is 5.92. The summed E-state index contributed by atoms with van der Waals surface area (Å²) in [6.07, 6.45) is 0.428. The first kappa shape index (κ1) is 37.0. The molecule has 0 unspecified atom stereocenters. The first-order chi connectivity index (χ1) is 7.82. The largest absolute Gasteiger partial charge is 0.346 e. The summed E-state index contributed by atoms with van der Waals surface area (Å²) in [6, 6.07) is 0. The Morgan fingerprint density at radius 1 is 0.842 bits per heavy atom. The Morgan fingerprint density at radius 2 is 1.05 bits per heavy atom. The molecule has 0 spiro atoms. The van der Waals surface area contributed by atoms with E-state index in [1.807, 2.05) is 27.7 Å². The van der Waals surface area contributed by atoms with E-state index in [2.05, 4.69) is 27.7 Å². The van der Waals surface area contributed by atoms with E-state index in [-0.39, 0.29) is 88.8 Å². The second-order valence-electron chi connectivity index (χ2n) is 3.49. The fraction of sp³-hybridized carbons (Fsp3) is 0.600. The van der Waals surface area contributed by atoms with Gasteiger partial charge in [0.25, 0.3) is 0 Å². The van der Waals surface area contributed by atoms with Gasteiger partial charge in [0, 0.05) is 71.3 Å². The van der Waals surface area contributed by atoms with Crippen molar-refractivity contribution in [2.75, 3.05) is 0 Å². The van der Waals surface area contributed by atoms with Crippen LogP contribution in [0.5, 0.6) is 0 Å². The fourth-order valence-electron chi connectivity index (χ4n) is 0.289. The number of Topliss-reactive ketones (excluding diaryl/α,β-unsaturated/α-hetero) is 2. The van der Waals surface area contributed by atoms with Crippen LogP contribution in [0.2, 0.25) is 0 Å². The number of hydrogen-bond acceptors (Lipinski definition) is 2. The van der Waals surface area contributed by atoms with E-state index in [1.165, 1.54) is 0 Å². The molecule has 19 heavy (non-hydrogen) atoms. The molecule has 4 heteroatoms. The molecule has 2 nitrogen and oxygen atoms in total. The predicted octanol–water partition coefficient (Wildman–Crippen LogP) is 4.16. The summed E-state index contributed by atoms with van der Waals surface area (Å²) in [5, 5.41) is 0. The van der Waals surface area contributed by atoms with Crippen molar-refractivity contribution in [1.29, 1.82) is 0 Å². The van der Waals surface area contributed by atoms with Crippen LogP contribution in [0, 0.1) is 39.5 Å². The number of carbonyl (C=O) groups is 2. The average Bonchev–Trinajstić information content (AvgIpc) is 2.33. The Labute approximate surface area is 172 Å². The van der Waals surface area contributed by atoms with Crippen LogP contribution in [0.1, 0.15) is 48.0 Å². The molecule has 0 aromatic carbocycles. The van der Waals surface area contributed by atoms with Gasteiger partial charge < -0.3 is 37.3 Å². The molecule has 112 valence electrons. The van der Waals surface area contributed by atoms with Gasteiger partial charge in [0.15, 0.2) is 0 Å². The summed E-state index contributed by atoms with van der Waals surface area (Å²) in [5.74, 6) is 0.512. The van der Waals surface area contributed by atoms with Crippen LogP contribution >= 0.6 is 0 Å². The zero-order valence-electron chi connectivity index (χ0n) is 13.7. The molecule has 0 atom stereocenters. The SMILES string of the molecule is [CH2-]C.[CH2-]C.[CH2-]C(=O)C(C)C.[CH2-]CC(=O)C(C)C.[Y].[Y]. The summed E-state index contributed by atoms with van der Waals surface area (Å²) in [5.41, 5.74) is 0. The normalized spacial score (nSPS) is 7.11. The van der Waals surface area contributed by atoms with Gasteiger partial charge >= 0.3 is 0 Å². The van der Waals surface area contributed by atoms with Crippen LogP contribution in [-0.4, -0.2) is 11.6 Å². The monoisotopic (exact) mass is 420 g/mol. The van der Waals surface area contributed by atoms with Gasteiger partial charge in [-0.25, -0.2) is 0 Å². The molecule has 0 aromatic heterocycles. The maximum atomic E-state index is 10.4. The molecule has 0 amide bonds. The minimum Gasteiger partial charge on any atom is -0.346 e. The Hall–Kier alpha value is 1.42. The fourth-order valence-corrected chi connectivity index (χ4v) is 0.289. The van der Waals surface area contributed by atoms with E-state index in [9.17, 15) is 9.59 Å². The van der Waals surface area contributed by atoms with Crippen LogP contribution in [0.3, 0.4) is 0 Å². The Balaban J connectivity index is -0.0000000326. The van der Waals surface area contributed by atoms with Crippen LogP contribution < -0.4 is 0 Å². The molecule has 0 aliphatic heterocycles. The summed E-state index contributed by atoms with van der Waals surface area (Å²) in [4.78, 5) is 20.5. The van der Waals surface area contributed by atoms with E-state index in [4.69, 9.17) is 0 Å². The molecule has 0 aliphatic carbocycles. The Morgan fingerprint density at radius 3 is 1.05 bits per heavy atom. The van der Waals surface area contributed by atoms with Crippen LogP contribution in [-0.2, 0) is 75.0 Å². The van der Waals surface area contributed by atoms with Crippen molar-refractivity contribution in [2.45, 2.75) is 48.0 Å². The standard InChI is InChI=1S/C6H11O.C5H9O.2C2H5.2Y/c1-4-6(7)5(2)3;1-4(2)5(3)6;2*1-2;;/h5H,1,4H2,2-3H3;4H,3H2,1-2H3;2*1H2,2H3;;/q4*-1;;. The minimum absolute atomic E-state index is 0. The van der Waals surface area contributed by atoms with Crippen LogP contribution in [0.4, 0.5) is 0 Å². The summed E-state index contributed by atoms with van der Waals surface area (Å²) < 4.78 is 0. The maximum Gasteiger partial charge on any atom is 0.105 e. The summed E-state index contributed by atoms with van der Waals surface area (Å²) >= 11 is 0. The molecule has 0 bridgehead atoms. The first-order valence-electron chi connectivity index (χ1n) is 5.92. The number of hydrogen-bond donors (Lipinski definition) is 0. The molecule has 2 radical (unpaired) electrons. The molecule has 0 rings (SSSR count). The third-order valence-corrected chi connectivity index (χ3v) is 1.53. The molecule has 0 aromatic rings. The quantitative estimate of drug-likeness (QED) is 0.643. The van der Waals surface area contributed by atoms with Gasteiger partial charge in [-0.15, -0.1) is 6.42 Å². The van der Waals surface area contributed by atoms with Gasteiger partial charge in [-0.3, -0.25) is 0 Å². The molecule has 0 saturated carbocycles. The molecular weight excluding hydrogens is 390 g/mol.